The zero-order valence-electron chi connectivity index (χ0n) is 13.1. The van der Waals surface area contributed by atoms with Gasteiger partial charge >= 0.3 is 0 Å². The van der Waals surface area contributed by atoms with Crippen LogP contribution in [0.15, 0.2) is 34.1 Å². The largest absolute Gasteiger partial charge is 0.372 e. The van der Waals surface area contributed by atoms with Crippen LogP contribution < -0.4 is 10.2 Å². The van der Waals surface area contributed by atoms with E-state index in [4.69, 9.17) is 0 Å². The van der Waals surface area contributed by atoms with Gasteiger partial charge in [0.05, 0.1) is 5.25 Å². The number of amides is 1. The Balaban J connectivity index is 1.55. The summed E-state index contributed by atoms with van der Waals surface area (Å²) in [5.41, 5.74) is 3.74. The van der Waals surface area contributed by atoms with Crippen LogP contribution in [0.25, 0.3) is 0 Å². The molecule has 0 radical (unpaired) electrons. The number of hydrogen-bond donors (Lipinski definition) is 1. The van der Waals surface area contributed by atoms with E-state index in [9.17, 15) is 4.79 Å². The van der Waals surface area contributed by atoms with Crippen molar-refractivity contribution in [1.29, 1.82) is 0 Å². The van der Waals surface area contributed by atoms with E-state index < -0.39 is 0 Å². The van der Waals surface area contributed by atoms with Crippen LogP contribution in [0.4, 0.5) is 11.4 Å². The molecule has 2 heterocycles. The molecule has 5 nitrogen and oxygen atoms in total. The summed E-state index contributed by atoms with van der Waals surface area (Å²) in [7, 11) is 0. The van der Waals surface area contributed by atoms with Crippen molar-refractivity contribution in [1.82, 2.24) is 10.2 Å². The highest BCUT2D eigenvalue weighted by atomic mass is 32.2. The van der Waals surface area contributed by atoms with Gasteiger partial charge in [0.25, 0.3) is 0 Å². The maximum atomic E-state index is 12.2. The van der Waals surface area contributed by atoms with Gasteiger partial charge in [0.1, 0.15) is 5.51 Å². The van der Waals surface area contributed by atoms with E-state index in [1.807, 2.05) is 19.1 Å². The van der Waals surface area contributed by atoms with Crippen molar-refractivity contribution in [2.45, 2.75) is 35.8 Å². The molecule has 0 spiro atoms. The summed E-state index contributed by atoms with van der Waals surface area (Å²) >= 11 is 2.88. The fraction of sp³-hybridized carbons (Fsp3) is 0.438. The first-order chi connectivity index (χ1) is 11.2. The maximum absolute atomic E-state index is 12.2. The lowest BCUT2D eigenvalue weighted by Crippen LogP contribution is -2.29. The molecule has 1 fully saturated rings. The smallest absolute Gasteiger partial charge is 0.237 e. The van der Waals surface area contributed by atoms with Gasteiger partial charge in [0.15, 0.2) is 4.34 Å². The molecular formula is C16H20N4OS2. The van der Waals surface area contributed by atoms with E-state index in [0.717, 1.165) is 23.1 Å². The minimum atomic E-state index is -0.204. The zero-order valence-corrected chi connectivity index (χ0v) is 14.7. The van der Waals surface area contributed by atoms with Crippen LogP contribution in [0, 0.1) is 0 Å². The molecular weight excluding hydrogens is 328 g/mol. The molecule has 0 unspecified atom stereocenters. The normalized spacial score (nSPS) is 16.1. The van der Waals surface area contributed by atoms with Crippen LogP contribution in [-0.4, -0.2) is 34.4 Å². The van der Waals surface area contributed by atoms with Gasteiger partial charge < -0.3 is 10.2 Å². The van der Waals surface area contributed by atoms with Gasteiger partial charge in [-0.25, -0.2) is 0 Å². The Morgan fingerprint density at radius 1 is 1.26 bits per heavy atom. The number of nitrogens with one attached hydrogen (secondary N) is 1. The Bertz CT molecular complexity index is 624. The first kappa shape index (κ1) is 16.3. The molecule has 1 aromatic heterocycles. The lowest BCUT2D eigenvalue weighted by Gasteiger charge is -2.28. The molecule has 2 aromatic rings. The Morgan fingerprint density at radius 3 is 2.65 bits per heavy atom. The zero-order chi connectivity index (χ0) is 16.1. The third-order valence-corrected chi connectivity index (χ3v) is 5.75. The van der Waals surface area contributed by atoms with Crippen LogP contribution in [0.5, 0.6) is 0 Å². The van der Waals surface area contributed by atoms with E-state index in [0.29, 0.717) is 0 Å². The number of carbonyl (C=O) groups is 1. The summed E-state index contributed by atoms with van der Waals surface area (Å²) in [6, 6.07) is 8.13. The number of hydrogen-bond acceptors (Lipinski definition) is 6. The fourth-order valence-electron chi connectivity index (χ4n) is 2.57. The second-order valence-corrected chi connectivity index (χ2v) is 7.97. The number of piperidine rings is 1. The van der Waals surface area contributed by atoms with Crippen molar-refractivity contribution in [3.63, 3.8) is 0 Å². The molecule has 7 heteroatoms. The third kappa shape index (κ3) is 4.45. The lowest BCUT2D eigenvalue weighted by molar-refractivity contribution is -0.115. The van der Waals surface area contributed by atoms with E-state index in [1.165, 1.54) is 48.0 Å². The van der Waals surface area contributed by atoms with Gasteiger partial charge in [-0.3, -0.25) is 4.79 Å². The number of nitrogens with zero attached hydrogens (tertiary/aromatic N) is 3. The van der Waals surface area contributed by atoms with E-state index >= 15 is 0 Å². The van der Waals surface area contributed by atoms with Crippen LogP contribution in [0.1, 0.15) is 26.2 Å². The number of thioether (sulfide) groups is 1. The molecule has 0 aliphatic carbocycles. The number of benzene rings is 1. The second kappa shape index (κ2) is 7.79. The molecule has 1 atom stereocenters. The van der Waals surface area contributed by atoms with Crippen LogP contribution in [0.3, 0.4) is 0 Å². The van der Waals surface area contributed by atoms with Crippen LogP contribution in [-0.2, 0) is 4.79 Å². The van der Waals surface area contributed by atoms with E-state index in [-0.39, 0.29) is 11.2 Å². The molecule has 0 saturated carbocycles. The molecule has 1 amide bonds. The summed E-state index contributed by atoms with van der Waals surface area (Å²) in [5.74, 6) is -0.0177. The first-order valence-corrected chi connectivity index (χ1v) is 9.57. The van der Waals surface area contributed by atoms with Crippen molar-refractivity contribution in [2.24, 2.45) is 0 Å². The molecule has 1 aliphatic heterocycles. The fourth-order valence-corrected chi connectivity index (χ4v) is 4.20. The summed E-state index contributed by atoms with van der Waals surface area (Å²) in [4.78, 5) is 14.6. The second-order valence-electron chi connectivity index (χ2n) is 5.55. The van der Waals surface area contributed by atoms with Crippen molar-refractivity contribution in [2.75, 3.05) is 23.3 Å². The van der Waals surface area contributed by atoms with Crippen LogP contribution in [0.2, 0.25) is 0 Å². The maximum Gasteiger partial charge on any atom is 0.237 e. The number of carbonyl (C=O) groups excluding carboxylic acids is 1. The quantitative estimate of drug-likeness (QED) is 0.836. The highest BCUT2D eigenvalue weighted by Crippen LogP contribution is 2.26. The highest BCUT2D eigenvalue weighted by molar-refractivity contribution is 8.02. The monoisotopic (exact) mass is 348 g/mol. The first-order valence-electron chi connectivity index (χ1n) is 7.81. The molecule has 1 aliphatic rings. The minimum absolute atomic E-state index is 0.0177. The van der Waals surface area contributed by atoms with Gasteiger partial charge in [0, 0.05) is 24.5 Å². The van der Waals surface area contributed by atoms with Crippen molar-refractivity contribution in [3.8, 4) is 0 Å². The average Bonchev–Trinajstić information content (AvgIpc) is 3.09. The molecule has 23 heavy (non-hydrogen) atoms. The predicted octanol–water partition coefficient (Wildman–Crippen LogP) is 3.65. The van der Waals surface area contributed by atoms with Crippen LogP contribution >= 0.6 is 23.1 Å². The summed E-state index contributed by atoms with van der Waals surface area (Å²) in [6.07, 6.45) is 3.85. The molecule has 1 aromatic carbocycles. The van der Waals surface area contributed by atoms with Gasteiger partial charge in [-0.05, 0) is 50.5 Å². The summed E-state index contributed by atoms with van der Waals surface area (Å²) < 4.78 is 0.813. The third-order valence-electron chi connectivity index (χ3n) is 3.84. The van der Waals surface area contributed by atoms with Gasteiger partial charge in [-0.15, -0.1) is 10.2 Å². The molecule has 0 bridgehead atoms. The Labute approximate surface area is 144 Å². The van der Waals surface area contributed by atoms with E-state index in [1.54, 1.807) is 5.51 Å². The minimum Gasteiger partial charge on any atom is -0.372 e. The van der Waals surface area contributed by atoms with Crippen molar-refractivity contribution >= 4 is 40.4 Å². The SMILES string of the molecule is C[C@H](Sc1nncs1)C(=O)Nc1ccc(N2CCCCC2)cc1. The van der Waals surface area contributed by atoms with E-state index in [2.05, 4.69) is 32.5 Å². The Hall–Kier alpha value is -1.60. The van der Waals surface area contributed by atoms with Gasteiger partial charge in [-0.1, -0.05) is 23.1 Å². The number of aromatic nitrogens is 2. The van der Waals surface area contributed by atoms with Gasteiger partial charge in [0.2, 0.25) is 5.91 Å². The lowest BCUT2D eigenvalue weighted by atomic mass is 10.1. The van der Waals surface area contributed by atoms with Crippen molar-refractivity contribution in [3.05, 3.63) is 29.8 Å². The van der Waals surface area contributed by atoms with Gasteiger partial charge in [-0.2, -0.15) is 0 Å². The number of rotatable bonds is 5. The molecule has 1 N–H and O–H groups in total. The summed E-state index contributed by atoms with van der Waals surface area (Å²) in [6.45, 7) is 4.13. The average molecular weight is 348 g/mol. The number of anilines is 2. The van der Waals surface area contributed by atoms with Crippen molar-refractivity contribution < 1.29 is 4.79 Å². The molecule has 1 saturated heterocycles. The summed E-state index contributed by atoms with van der Waals surface area (Å²) in [5, 5.41) is 10.5. The predicted molar refractivity (Wildman–Crippen MR) is 96.4 cm³/mol. The standard InChI is InChI=1S/C16H20N4OS2/c1-12(23-16-19-17-11-22-16)15(21)18-13-5-7-14(8-6-13)20-9-3-2-4-10-20/h5-8,11-12H,2-4,9-10H2,1H3,(H,18,21)/t12-/m0/s1. The highest BCUT2D eigenvalue weighted by Gasteiger charge is 2.16. The Kier molecular flexibility index (Phi) is 5.51. The Morgan fingerprint density at radius 2 is 2.00 bits per heavy atom. The molecule has 3 rings (SSSR count). The topological polar surface area (TPSA) is 58.1 Å². The molecule has 122 valence electrons.